The summed E-state index contributed by atoms with van der Waals surface area (Å²) in [5, 5.41) is 9.87. The van der Waals surface area contributed by atoms with Gasteiger partial charge in [0.25, 0.3) is 0 Å². The van der Waals surface area contributed by atoms with E-state index in [1.807, 2.05) is 12.1 Å². The molecule has 160 valence electrons. The number of allylic oxidation sites excluding steroid dienone is 1. The highest BCUT2D eigenvalue weighted by Gasteiger charge is 2.52. The number of hydrogen-bond acceptors (Lipinski definition) is 3. The minimum atomic E-state index is 0.321. The fourth-order valence-electron chi connectivity index (χ4n) is 6.59. The molecule has 3 aliphatic carbocycles. The second kappa shape index (κ2) is 8.43. The molecule has 2 saturated carbocycles. The number of benzene rings is 1. The van der Waals surface area contributed by atoms with Gasteiger partial charge < -0.3 is 14.7 Å². The Hall–Kier alpha value is -1.32. The largest absolute Gasteiger partial charge is 0.508 e. The van der Waals surface area contributed by atoms with Gasteiger partial charge in [0.15, 0.2) is 0 Å². The first kappa shape index (κ1) is 20.9. The first-order valence-electron chi connectivity index (χ1n) is 11.7. The standard InChI is InChI=1S/C26H39NO2/c1-18(12-15-27(3)4)29-16-13-20-6-10-25-24-8-5-19-17-21(28)7-9-22(19)23(24)11-14-26(20,25)2/h7,9,13,17-18,23-25,28H,5-6,8,10-12,14-16H2,1-4H3. The van der Waals surface area contributed by atoms with Crippen LogP contribution in [-0.4, -0.2) is 43.4 Å². The maximum atomic E-state index is 9.87. The highest BCUT2D eigenvalue weighted by Crippen LogP contribution is 2.62. The summed E-state index contributed by atoms with van der Waals surface area (Å²) < 4.78 is 6.12. The molecule has 4 rings (SSSR count). The van der Waals surface area contributed by atoms with Gasteiger partial charge in [0, 0.05) is 0 Å². The lowest BCUT2D eigenvalue weighted by atomic mass is 9.55. The third kappa shape index (κ3) is 4.14. The average Bonchev–Trinajstić information content (AvgIpc) is 3.02. The van der Waals surface area contributed by atoms with Crippen LogP contribution in [0.4, 0.5) is 0 Å². The molecule has 3 nitrogen and oxygen atoms in total. The van der Waals surface area contributed by atoms with Gasteiger partial charge in [-0.2, -0.15) is 0 Å². The number of aromatic hydroxyl groups is 1. The van der Waals surface area contributed by atoms with Gasteiger partial charge in [0.05, 0.1) is 12.7 Å². The number of aryl methyl sites for hydroxylation is 1. The normalized spacial score (nSPS) is 33.4. The molecule has 5 unspecified atom stereocenters. The zero-order valence-corrected chi connectivity index (χ0v) is 18.8. The molecular formula is C26H39NO2. The third-order valence-corrected chi connectivity index (χ3v) is 8.25. The Morgan fingerprint density at radius 2 is 2.07 bits per heavy atom. The maximum absolute atomic E-state index is 9.87. The van der Waals surface area contributed by atoms with Crippen molar-refractivity contribution in [1.29, 1.82) is 0 Å². The van der Waals surface area contributed by atoms with Gasteiger partial charge in [-0.15, -0.1) is 0 Å². The zero-order chi connectivity index (χ0) is 20.6. The lowest BCUT2D eigenvalue weighted by molar-refractivity contribution is 0.0698. The minimum absolute atomic E-state index is 0.321. The van der Waals surface area contributed by atoms with Crippen LogP contribution < -0.4 is 0 Å². The van der Waals surface area contributed by atoms with Gasteiger partial charge in [-0.25, -0.2) is 0 Å². The quantitative estimate of drug-likeness (QED) is 0.641. The molecular weight excluding hydrogens is 358 g/mol. The molecule has 1 aromatic rings. The molecule has 0 amide bonds. The van der Waals surface area contributed by atoms with Gasteiger partial charge in [-0.1, -0.05) is 24.6 Å². The fraction of sp³-hybridized carbons (Fsp3) is 0.692. The van der Waals surface area contributed by atoms with Crippen molar-refractivity contribution in [1.82, 2.24) is 4.90 Å². The highest BCUT2D eigenvalue weighted by molar-refractivity contribution is 5.40. The number of phenolic OH excluding ortho intramolecular Hbond substituents is 1. The van der Waals surface area contributed by atoms with Crippen LogP contribution in [0.15, 0.2) is 29.8 Å². The van der Waals surface area contributed by atoms with Gasteiger partial charge in [-0.05, 0) is 119 Å². The van der Waals surface area contributed by atoms with Crippen LogP contribution in [0.5, 0.6) is 5.75 Å². The number of nitrogens with zero attached hydrogens (tertiary/aromatic N) is 1. The predicted octanol–water partition coefficient (Wildman–Crippen LogP) is 5.53. The second-order valence-electron chi connectivity index (χ2n) is 10.3. The maximum Gasteiger partial charge on any atom is 0.115 e. The van der Waals surface area contributed by atoms with Crippen molar-refractivity contribution in [2.45, 2.75) is 70.8 Å². The van der Waals surface area contributed by atoms with E-state index < -0.39 is 0 Å². The first-order chi connectivity index (χ1) is 13.9. The summed E-state index contributed by atoms with van der Waals surface area (Å²) in [6.45, 7) is 6.58. The number of phenols is 1. The lowest BCUT2D eigenvalue weighted by Gasteiger charge is -2.49. The Morgan fingerprint density at radius 1 is 1.24 bits per heavy atom. The molecule has 5 atom stereocenters. The molecule has 3 aliphatic rings. The van der Waals surface area contributed by atoms with E-state index in [4.69, 9.17) is 4.74 Å². The number of fused-ring (bicyclic) bond motifs is 5. The average molecular weight is 398 g/mol. The molecule has 0 spiro atoms. The van der Waals surface area contributed by atoms with E-state index in [0.717, 1.165) is 37.8 Å². The summed E-state index contributed by atoms with van der Waals surface area (Å²) in [5.41, 5.74) is 4.95. The molecule has 0 radical (unpaired) electrons. The van der Waals surface area contributed by atoms with Crippen LogP contribution in [-0.2, 0) is 11.2 Å². The van der Waals surface area contributed by atoms with Gasteiger partial charge >= 0.3 is 0 Å². The van der Waals surface area contributed by atoms with E-state index in [-0.39, 0.29) is 0 Å². The van der Waals surface area contributed by atoms with Crippen LogP contribution >= 0.6 is 0 Å². The Labute approximate surface area is 177 Å². The van der Waals surface area contributed by atoms with Crippen molar-refractivity contribution in [3.05, 3.63) is 41.0 Å². The molecule has 3 heteroatoms. The molecule has 2 fully saturated rings. The van der Waals surface area contributed by atoms with Crippen molar-refractivity contribution in [2.24, 2.45) is 17.3 Å². The zero-order valence-electron chi connectivity index (χ0n) is 18.8. The third-order valence-electron chi connectivity index (χ3n) is 8.25. The van der Waals surface area contributed by atoms with E-state index >= 15 is 0 Å². The first-order valence-corrected chi connectivity index (χ1v) is 11.7. The monoisotopic (exact) mass is 397 g/mol. The van der Waals surface area contributed by atoms with Gasteiger partial charge in [-0.3, -0.25) is 0 Å². The molecule has 0 heterocycles. The Morgan fingerprint density at radius 3 is 2.86 bits per heavy atom. The van der Waals surface area contributed by atoms with Crippen LogP contribution in [0.1, 0.15) is 69.4 Å². The highest BCUT2D eigenvalue weighted by atomic mass is 16.5. The summed E-state index contributed by atoms with van der Waals surface area (Å²) in [6, 6.07) is 6.11. The molecule has 0 saturated heterocycles. The fourth-order valence-corrected chi connectivity index (χ4v) is 6.59. The topological polar surface area (TPSA) is 32.7 Å². The van der Waals surface area contributed by atoms with Crippen molar-refractivity contribution in [3.8, 4) is 5.75 Å². The predicted molar refractivity (Wildman–Crippen MR) is 119 cm³/mol. The van der Waals surface area contributed by atoms with Crippen molar-refractivity contribution in [2.75, 3.05) is 27.2 Å². The summed E-state index contributed by atoms with van der Waals surface area (Å²) in [5.74, 6) is 2.73. The number of rotatable bonds is 6. The summed E-state index contributed by atoms with van der Waals surface area (Å²) in [7, 11) is 4.24. The molecule has 0 bridgehead atoms. The Balaban J connectivity index is 1.42. The van der Waals surface area contributed by atoms with Crippen LogP contribution in [0, 0.1) is 17.3 Å². The van der Waals surface area contributed by atoms with Crippen LogP contribution in [0.2, 0.25) is 0 Å². The Kier molecular flexibility index (Phi) is 6.09. The summed E-state index contributed by atoms with van der Waals surface area (Å²) in [6.07, 6.45) is 11.4. The van der Waals surface area contributed by atoms with Crippen molar-refractivity contribution in [3.63, 3.8) is 0 Å². The molecule has 1 aromatic carbocycles. The minimum Gasteiger partial charge on any atom is -0.508 e. The van der Waals surface area contributed by atoms with E-state index in [9.17, 15) is 5.11 Å². The lowest BCUT2D eigenvalue weighted by Crippen LogP contribution is -2.40. The molecule has 29 heavy (non-hydrogen) atoms. The summed E-state index contributed by atoms with van der Waals surface area (Å²) in [4.78, 5) is 2.23. The number of hydrogen-bond donors (Lipinski definition) is 1. The molecule has 0 aromatic heterocycles. The Bertz CT molecular complexity index is 755. The SMILES string of the molecule is CC(CCN(C)C)OCC=C1CCC2C3CCc4cc(O)ccc4C3CCC12C. The van der Waals surface area contributed by atoms with Gasteiger partial charge in [0.2, 0.25) is 0 Å². The molecule has 0 aliphatic heterocycles. The van der Waals surface area contributed by atoms with E-state index in [2.05, 4.69) is 45.0 Å². The van der Waals surface area contributed by atoms with Crippen molar-refractivity contribution >= 4 is 0 Å². The van der Waals surface area contributed by atoms with Gasteiger partial charge in [0.1, 0.15) is 5.75 Å². The van der Waals surface area contributed by atoms with Crippen LogP contribution in [0.25, 0.3) is 0 Å². The van der Waals surface area contributed by atoms with E-state index in [1.54, 1.807) is 5.57 Å². The van der Waals surface area contributed by atoms with Crippen LogP contribution in [0.3, 0.4) is 0 Å². The number of ether oxygens (including phenoxy) is 1. The summed E-state index contributed by atoms with van der Waals surface area (Å²) >= 11 is 0. The van der Waals surface area contributed by atoms with E-state index in [1.165, 1.54) is 43.2 Å². The van der Waals surface area contributed by atoms with Crippen molar-refractivity contribution < 1.29 is 9.84 Å². The smallest absolute Gasteiger partial charge is 0.115 e. The molecule has 1 N–H and O–H groups in total. The van der Waals surface area contributed by atoms with E-state index in [0.29, 0.717) is 23.2 Å². The second-order valence-corrected chi connectivity index (χ2v) is 10.3.